The maximum atomic E-state index is 6.02. The van der Waals surface area contributed by atoms with Crippen LogP contribution in [0.1, 0.15) is 238 Å². The lowest BCUT2D eigenvalue weighted by Gasteiger charge is -2.09. The predicted molar refractivity (Wildman–Crippen MR) is 189 cm³/mol. The van der Waals surface area contributed by atoms with Gasteiger partial charge in [-0.15, -0.1) is 0 Å². The molecule has 0 rings (SSSR count). The monoisotopic (exact) mass is 579 g/mol. The highest BCUT2D eigenvalue weighted by Gasteiger charge is 2.01. The van der Waals surface area contributed by atoms with Crippen LogP contribution in [-0.4, -0.2) is 12.6 Å². The summed E-state index contributed by atoms with van der Waals surface area (Å²) < 4.78 is 0. The molecule has 0 fully saturated rings. The Balaban J connectivity index is 3.04. The predicted octanol–water partition coefficient (Wildman–Crippen LogP) is 13.3. The Labute approximate surface area is 261 Å². The Bertz CT molecular complexity index is 437. The van der Waals surface area contributed by atoms with E-state index in [-0.39, 0.29) is 0 Å². The van der Waals surface area contributed by atoms with Crippen molar-refractivity contribution >= 4 is 0 Å². The number of hydrogen-bond donors (Lipinski definition) is 2. The lowest BCUT2D eigenvalue weighted by molar-refractivity contribution is 0.502. The molecule has 0 heterocycles. The van der Waals surface area contributed by atoms with Gasteiger partial charge in [-0.1, -0.05) is 225 Å². The molecular weight excluding hydrogens is 496 g/mol. The molecule has 0 saturated carbocycles. The van der Waals surface area contributed by atoms with Gasteiger partial charge in [-0.3, -0.25) is 0 Å². The van der Waals surface area contributed by atoms with Crippen molar-refractivity contribution < 1.29 is 0 Å². The number of hydrogen-bond acceptors (Lipinski definition) is 2. The molecule has 0 saturated heterocycles. The zero-order valence-corrected chi connectivity index (χ0v) is 28.9. The fraction of sp³-hybridized carbons (Fsp3) is 1.00. The topological polar surface area (TPSA) is 52.0 Å². The van der Waals surface area contributed by atoms with Crippen molar-refractivity contribution in [1.29, 1.82) is 0 Å². The summed E-state index contributed by atoms with van der Waals surface area (Å²) in [4.78, 5) is 0. The average Bonchev–Trinajstić information content (AvgIpc) is 2.97. The highest BCUT2D eigenvalue weighted by atomic mass is 14.6. The molecule has 2 heteroatoms. The van der Waals surface area contributed by atoms with Gasteiger partial charge in [0.2, 0.25) is 0 Å². The largest absolute Gasteiger partial charge is 0.330 e. The summed E-state index contributed by atoms with van der Waals surface area (Å²) in [5, 5.41) is 0. The second-order valence-electron chi connectivity index (χ2n) is 13.8. The van der Waals surface area contributed by atoms with Crippen LogP contribution < -0.4 is 11.5 Å². The van der Waals surface area contributed by atoms with Gasteiger partial charge < -0.3 is 11.5 Å². The van der Waals surface area contributed by atoms with E-state index in [1.54, 1.807) is 0 Å². The van der Waals surface area contributed by atoms with E-state index < -0.39 is 0 Å². The van der Waals surface area contributed by atoms with Crippen LogP contribution >= 0.6 is 0 Å². The van der Waals surface area contributed by atoms with E-state index in [1.165, 1.54) is 218 Å². The van der Waals surface area contributed by atoms with Gasteiger partial charge in [0.1, 0.15) is 0 Å². The summed E-state index contributed by atoms with van der Waals surface area (Å²) in [5.74, 6) is 0. The van der Waals surface area contributed by atoms with E-state index in [1.807, 2.05) is 0 Å². The van der Waals surface area contributed by atoms with E-state index in [2.05, 4.69) is 6.92 Å². The van der Waals surface area contributed by atoms with Gasteiger partial charge in [0.05, 0.1) is 0 Å². The van der Waals surface area contributed by atoms with E-state index >= 15 is 0 Å². The third-order valence-electron chi connectivity index (χ3n) is 9.47. The second-order valence-corrected chi connectivity index (χ2v) is 13.8. The molecule has 2 nitrogen and oxygen atoms in total. The van der Waals surface area contributed by atoms with E-state index in [4.69, 9.17) is 11.5 Å². The second kappa shape index (κ2) is 37.9. The molecule has 0 bridgehead atoms. The number of unbranched alkanes of at least 4 members (excludes halogenated alkanes) is 33. The number of nitrogens with two attached hydrogens (primary N) is 2. The third-order valence-corrected chi connectivity index (χ3v) is 9.47. The van der Waals surface area contributed by atoms with Crippen LogP contribution in [0.15, 0.2) is 0 Å². The van der Waals surface area contributed by atoms with Crippen molar-refractivity contribution in [1.82, 2.24) is 0 Å². The highest BCUT2D eigenvalue weighted by molar-refractivity contribution is 4.61. The van der Waals surface area contributed by atoms with E-state index in [9.17, 15) is 0 Å². The Morgan fingerprint density at radius 3 is 0.683 bits per heavy atom. The van der Waals surface area contributed by atoms with Crippen molar-refractivity contribution in [3.05, 3.63) is 0 Å². The summed E-state index contributed by atoms with van der Waals surface area (Å²) in [5.41, 5.74) is 11.6. The molecule has 0 aliphatic rings. The van der Waals surface area contributed by atoms with Crippen LogP contribution in [0.2, 0.25) is 0 Å². The van der Waals surface area contributed by atoms with Gasteiger partial charge in [-0.05, 0) is 19.4 Å². The Morgan fingerprint density at radius 1 is 0.293 bits per heavy atom. The fourth-order valence-electron chi connectivity index (χ4n) is 6.50. The van der Waals surface area contributed by atoms with Crippen LogP contribution in [0.25, 0.3) is 0 Å². The molecule has 0 amide bonds. The lowest BCUT2D eigenvalue weighted by atomic mass is 10.0. The summed E-state index contributed by atoms with van der Waals surface area (Å²) in [6.45, 7) is 3.04. The molecule has 248 valence electrons. The first kappa shape index (κ1) is 40.9. The van der Waals surface area contributed by atoms with Crippen molar-refractivity contribution in [2.24, 2.45) is 11.5 Å². The molecule has 0 spiro atoms. The van der Waals surface area contributed by atoms with Crippen LogP contribution in [0.3, 0.4) is 0 Å². The first-order valence-electron chi connectivity index (χ1n) is 19.8. The van der Waals surface area contributed by atoms with Crippen molar-refractivity contribution in [3.8, 4) is 0 Å². The van der Waals surface area contributed by atoms with Gasteiger partial charge >= 0.3 is 0 Å². The Morgan fingerprint density at radius 2 is 0.488 bits per heavy atom. The minimum atomic E-state index is 0.336. The molecule has 0 radical (unpaired) electrons. The summed E-state index contributed by atoms with van der Waals surface area (Å²) in [7, 11) is 0. The molecule has 4 N–H and O–H groups in total. The van der Waals surface area contributed by atoms with Crippen molar-refractivity contribution in [2.75, 3.05) is 6.54 Å². The molecule has 41 heavy (non-hydrogen) atoms. The van der Waals surface area contributed by atoms with Crippen molar-refractivity contribution in [3.63, 3.8) is 0 Å². The first-order chi connectivity index (χ1) is 20.3. The molecule has 0 aliphatic carbocycles. The van der Waals surface area contributed by atoms with Crippen LogP contribution in [0.4, 0.5) is 0 Å². The molecule has 0 aromatic rings. The Hall–Kier alpha value is -0.0800. The zero-order valence-electron chi connectivity index (χ0n) is 28.9. The molecule has 0 aromatic heterocycles. The van der Waals surface area contributed by atoms with Gasteiger partial charge in [0.25, 0.3) is 0 Å². The van der Waals surface area contributed by atoms with Crippen molar-refractivity contribution in [2.45, 2.75) is 244 Å². The standard InChI is InChI=1S/C39H82N2/c1-2-3-4-5-6-7-8-9-10-11-12-13-14-15-16-17-18-19-20-21-22-23-24-25-26-27-28-29-30-31-32-33-34-35-36-39(41)37-38-40/h39H,2-38,40-41H2,1H3. The zero-order chi connectivity index (χ0) is 29.7. The summed E-state index contributed by atoms with van der Waals surface area (Å²) >= 11 is 0. The highest BCUT2D eigenvalue weighted by Crippen LogP contribution is 2.17. The quantitative estimate of drug-likeness (QED) is 0.0720. The van der Waals surface area contributed by atoms with Crippen LogP contribution in [-0.2, 0) is 0 Å². The average molecular weight is 579 g/mol. The maximum absolute atomic E-state index is 6.02. The normalized spacial score (nSPS) is 12.4. The summed E-state index contributed by atoms with van der Waals surface area (Å²) in [6.07, 6.45) is 51.9. The summed E-state index contributed by atoms with van der Waals surface area (Å²) in [6, 6.07) is 0.336. The molecule has 0 aliphatic heterocycles. The van der Waals surface area contributed by atoms with Gasteiger partial charge in [0.15, 0.2) is 0 Å². The fourth-order valence-corrected chi connectivity index (χ4v) is 6.50. The van der Waals surface area contributed by atoms with E-state index in [0.29, 0.717) is 6.04 Å². The van der Waals surface area contributed by atoms with Crippen LogP contribution in [0.5, 0.6) is 0 Å². The van der Waals surface area contributed by atoms with Gasteiger partial charge in [-0.2, -0.15) is 0 Å². The molecular formula is C39H82N2. The minimum absolute atomic E-state index is 0.336. The molecule has 0 aromatic carbocycles. The van der Waals surface area contributed by atoms with Crippen LogP contribution in [0, 0.1) is 0 Å². The smallest absolute Gasteiger partial charge is 0.00508 e. The third kappa shape index (κ3) is 37.9. The minimum Gasteiger partial charge on any atom is -0.330 e. The first-order valence-corrected chi connectivity index (χ1v) is 19.8. The van der Waals surface area contributed by atoms with E-state index in [0.717, 1.165) is 19.4 Å². The maximum Gasteiger partial charge on any atom is 0.00508 e. The van der Waals surface area contributed by atoms with Gasteiger partial charge in [-0.25, -0.2) is 0 Å². The van der Waals surface area contributed by atoms with Gasteiger partial charge in [0, 0.05) is 6.04 Å². The molecule has 1 atom stereocenters. The Kier molecular flexibility index (Phi) is 37.9. The lowest BCUT2D eigenvalue weighted by Crippen LogP contribution is -2.23. The number of rotatable bonds is 37. The SMILES string of the molecule is CCCCCCCCCCCCCCCCCCCCCCCCCCCCCCCCCCCCC(N)CCN. The molecule has 1 unspecified atom stereocenters.